The highest BCUT2D eigenvalue weighted by molar-refractivity contribution is 5.74. The molecular weight excluding hydrogens is 250 g/mol. The number of carboxylic acids is 1. The number of aliphatic carboxylic acids is 1. The Morgan fingerprint density at radius 3 is 2.74 bits per heavy atom. The van der Waals surface area contributed by atoms with E-state index in [0.29, 0.717) is 16.8 Å². The molecule has 6 nitrogen and oxygen atoms in total. The van der Waals surface area contributed by atoms with Crippen molar-refractivity contribution in [1.82, 2.24) is 4.57 Å². The van der Waals surface area contributed by atoms with Gasteiger partial charge in [0.1, 0.15) is 5.75 Å². The minimum absolute atomic E-state index is 0.0671. The van der Waals surface area contributed by atoms with Crippen molar-refractivity contribution >= 4 is 17.1 Å². The van der Waals surface area contributed by atoms with E-state index in [4.69, 9.17) is 14.3 Å². The molecule has 1 aromatic heterocycles. The third kappa shape index (κ3) is 3.61. The molecule has 1 heterocycles. The van der Waals surface area contributed by atoms with Crippen LogP contribution in [0.15, 0.2) is 27.4 Å². The number of carbonyl (C=O) groups is 1. The van der Waals surface area contributed by atoms with Gasteiger partial charge in [-0.3, -0.25) is 9.36 Å². The Morgan fingerprint density at radius 2 is 2.11 bits per heavy atom. The highest BCUT2D eigenvalue weighted by atomic mass is 16.5. The molecule has 0 atom stereocenters. The van der Waals surface area contributed by atoms with Gasteiger partial charge in [0.25, 0.3) is 0 Å². The van der Waals surface area contributed by atoms with Crippen molar-refractivity contribution in [3.63, 3.8) is 0 Å². The molecule has 0 unspecified atom stereocenters. The van der Waals surface area contributed by atoms with E-state index in [0.717, 1.165) is 0 Å². The number of hydrogen-bond donors (Lipinski definition) is 1. The van der Waals surface area contributed by atoms with Gasteiger partial charge in [-0.2, -0.15) is 0 Å². The molecule has 0 aliphatic heterocycles. The van der Waals surface area contributed by atoms with E-state index in [2.05, 4.69) is 0 Å². The maximum atomic E-state index is 11.2. The molecule has 19 heavy (non-hydrogen) atoms. The van der Waals surface area contributed by atoms with Crippen LogP contribution in [0.5, 0.6) is 5.75 Å². The smallest absolute Gasteiger partial charge is 0.419 e. The summed E-state index contributed by atoms with van der Waals surface area (Å²) in [7, 11) is 1.59. The fourth-order valence-corrected chi connectivity index (χ4v) is 1.45. The molecule has 6 heteroatoms. The summed E-state index contributed by atoms with van der Waals surface area (Å²) in [5.41, 5.74) is 1.09. The third-order valence-corrected chi connectivity index (χ3v) is 2.35. The molecule has 0 amide bonds. The van der Waals surface area contributed by atoms with Gasteiger partial charge in [-0.15, -0.1) is 0 Å². The Balaban J connectivity index is 0.000000861. The van der Waals surface area contributed by atoms with Crippen molar-refractivity contribution in [2.24, 2.45) is 7.05 Å². The van der Waals surface area contributed by atoms with Crippen LogP contribution in [-0.2, 0) is 11.8 Å². The molecule has 0 aliphatic rings. The molecule has 0 aliphatic carbocycles. The molecule has 1 aromatic carbocycles. The quantitative estimate of drug-likeness (QED) is 0.916. The molecule has 1 N–H and O–H groups in total. The Bertz CT molecular complexity index is 611. The molecule has 2 rings (SSSR count). The van der Waals surface area contributed by atoms with Crippen LogP contribution in [0.2, 0.25) is 0 Å². The predicted octanol–water partition coefficient (Wildman–Crippen LogP) is 2.01. The highest BCUT2D eigenvalue weighted by Gasteiger charge is 2.07. The first-order chi connectivity index (χ1) is 9.08. The van der Waals surface area contributed by atoms with E-state index in [-0.39, 0.29) is 13.0 Å². The minimum atomic E-state index is -0.915. The second kappa shape index (κ2) is 6.63. The lowest BCUT2D eigenvalue weighted by Crippen LogP contribution is -2.08. The normalized spacial score (nSPS) is 9.84. The number of aromatic nitrogens is 1. The molecular formula is C13H17NO5. The van der Waals surface area contributed by atoms with Crippen molar-refractivity contribution in [2.75, 3.05) is 6.61 Å². The van der Waals surface area contributed by atoms with Crippen LogP contribution < -0.4 is 10.5 Å². The molecule has 2 aromatic rings. The van der Waals surface area contributed by atoms with Crippen LogP contribution in [0, 0.1) is 0 Å². The lowest BCUT2D eigenvalue weighted by atomic mass is 10.3. The summed E-state index contributed by atoms with van der Waals surface area (Å²) in [5.74, 6) is -0.848. The number of carboxylic acid groups (broad SMARTS) is 1. The van der Waals surface area contributed by atoms with Crippen LogP contribution in [0.4, 0.5) is 0 Å². The van der Waals surface area contributed by atoms with E-state index in [1.54, 1.807) is 25.2 Å². The van der Waals surface area contributed by atoms with Gasteiger partial charge in [-0.25, -0.2) is 4.79 Å². The zero-order valence-electron chi connectivity index (χ0n) is 11.2. The molecule has 0 spiro atoms. The van der Waals surface area contributed by atoms with E-state index in [9.17, 15) is 9.59 Å². The number of aryl methyl sites for hydroxylation is 1. The summed E-state index contributed by atoms with van der Waals surface area (Å²) in [6, 6.07) is 4.89. The van der Waals surface area contributed by atoms with Gasteiger partial charge in [0, 0.05) is 13.1 Å². The first kappa shape index (κ1) is 14.8. The van der Waals surface area contributed by atoms with Gasteiger partial charge in [0.05, 0.1) is 18.5 Å². The minimum Gasteiger partial charge on any atom is -0.493 e. The largest absolute Gasteiger partial charge is 0.493 e. The van der Waals surface area contributed by atoms with Crippen molar-refractivity contribution in [3.8, 4) is 5.75 Å². The Labute approximate surface area is 110 Å². The second-order valence-electron chi connectivity index (χ2n) is 3.55. The average Bonchev–Trinajstić information content (AvgIpc) is 2.68. The first-order valence-electron chi connectivity index (χ1n) is 6.02. The third-order valence-electron chi connectivity index (χ3n) is 2.35. The Hall–Kier alpha value is -2.24. The number of benzene rings is 1. The molecule has 0 saturated carbocycles. The zero-order chi connectivity index (χ0) is 14.4. The molecule has 0 saturated heterocycles. The molecule has 0 radical (unpaired) electrons. The van der Waals surface area contributed by atoms with Crippen molar-refractivity contribution < 1.29 is 19.1 Å². The van der Waals surface area contributed by atoms with Crippen molar-refractivity contribution in [3.05, 3.63) is 28.7 Å². The number of hydrogen-bond acceptors (Lipinski definition) is 4. The van der Waals surface area contributed by atoms with Crippen LogP contribution in [-0.4, -0.2) is 22.2 Å². The number of fused-ring (bicyclic) bond motifs is 1. The standard InChI is InChI=1S/C11H11NO5.C2H6/c1-12-8-6-7(16-5-4-10(13)14)2-3-9(8)17-11(12)15;1-2/h2-3,6H,4-5H2,1H3,(H,13,14);1-2H3. The summed E-state index contributed by atoms with van der Waals surface area (Å²) < 4.78 is 11.6. The first-order valence-corrected chi connectivity index (χ1v) is 6.02. The van der Waals surface area contributed by atoms with Gasteiger partial charge >= 0.3 is 11.7 Å². The number of rotatable bonds is 4. The summed E-state index contributed by atoms with van der Waals surface area (Å²) >= 11 is 0. The fraction of sp³-hybridized carbons (Fsp3) is 0.385. The van der Waals surface area contributed by atoms with Crippen LogP contribution >= 0.6 is 0 Å². The van der Waals surface area contributed by atoms with Gasteiger partial charge in [0.15, 0.2) is 5.58 Å². The maximum absolute atomic E-state index is 11.2. The fourth-order valence-electron chi connectivity index (χ4n) is 1.45. The Kier molecular flexibility index (Phi) is 5.17. The summed E-state index contributed by atoms with van der Waals surface area (Å²) in [5, 5.41) is 8.47. The molecule has 0 fully saturated rings. The SMILES string of the molecule is CC.Cn1c(=O)oc2ccc(OCCC(=O)O)cc21. The molecule has 104 valence electrons. The zero-order valence-corrected chi connectivity index (χ0v) is 11.2. The lowest BCUT2D eigenvalue weighted by molar-refractivity contribution is -0.137. The van der Waals surface area contributed by atoms with Gasteiger partial charge in [-0.1, -0.05) is 13.8 Å². The Morgan fingerprint density at radius 1 is 1.42 bits per heavy atom. The van der Waals surface area contributed by atoms with E-state index in [1.807, 2.05) is 13.8 Å². The van der Waals surface area contributed by atoms with Gasteiger partial charge in [-0.05, 0) is 12.1 Å². The maximum Gasteiger partial charge on any atom is 0.419 e. The number of nitrogens with zero attached hydrogens (tertiary/aromatic N) is 1. The number of oxazole rings is 1. The monoisotopic (exact) mass is 267 g/mol. The van der Waals surface area contributed by atoms with E-state index >= 15 is 0 Å². The van der Waals surface area contributed by atoms with E-state index < -0.39 is 11.7 Å². The van der Waals surface area contributed by atoms with Gasteiger partial charge < -0.3 is 14.3 Å². The summed E-state index contributed by atoms with van der Waals surface area (Å²) in [4.78, 5) is 21.5. The predicted molar refractivity (Wildman–Crippen MR) is 70.6 cm³/mol. The topological polar surface area (TPSA) is 81.7 Å². The van der Waals surface area contributed by atoms with Gasteiger partial charge in [0.2, 0.25) is 0 Å². The van der Waals surface area contributed by atoms with Crippen LogP contribution in [0.1, 0.15) is 20.3 Å². The number of ether oxygens (including phenoxy) is 1. The summed E-state index contributed by atoms with van der Waals surface area (Å²) in [6.07, 6.45) is -0.0671. The van der Waals surface area contributed by atoms with Crippen LogP contribution in [0.25, 0.3) is 11.1 Å². The van der Waals surface area contributed by atoms with Crippen molar-refractivity contribution in [1.29, 1.82) is 0 Å². The van der Waals surface area contributed by atoms with Crippen LogP contribution in [0.3, 0.4) is 0 Å². The summed E-state index contributed by atoms with van der Waals surface area (Å²) in [6.45, 7) is 4.09. The van der Waals surface area contributed by atoms with E-state index in [1.165, 1.54) is 4.57 Å². The lowest BCUT2D eigenvalue weighted by Gasteiger charge is -2.03. The molecule has 0 bridgehead atoms. The second-order valence-corrected chi connectivity index (χ2v) is 3.55. The average molecular weight is 267 g/mol. The van der Waals surface area contributed by atoms with Crippen molar-refractivity contribution in [2.45, 2.75) is 20.3 Å². The highest BCUT2D eigenvalue weighted by Crippen LogP contribution is 2.19.